The average Bonchev–Trinajstić information content (AvgIpc) is 2.06. The van der Waals surface area contributed by atoms with Gasteiger partial charge in [0.05, 0.1) is 0 Å². The molecule has 0 aliphatic heterocycles. The zero-order valence-electron chi connectivity index (χ0n) is 5.93. The van der Waals surface area contributed by atoms with E-state index in [9.17, 15) is 9.59 Å². The molecule has 0 atom stereocenters. The number of aliphatic carboxylic acids is 1. The van der Waals surface area contributed by atoms with Gasteiger partial charge < -0.3 is 9.84 Å². The number of pyridine rings is 1. The van der Waals surface area contributed by atoms with E-state index in [2.05, 4.69) is 9.72 Å². The Morgan fingerprint density at radius 1 is 1.42 bits per heavy atom. The van der Waals surface area contributed by atoms with E-state index in [0.29, 0.717) is 0 Å². The van der Waals surface area contributed by atoms with Gasteiger partial charge in [0.2, 0.25) is 5.88 Å². The third-order valence-electron chi connectivity index (χ3n) is 1.01. The second-order valence-electron chi connectivity index (χ2n) is 1.86. The van der Waals surface area contributed by atoms with Gasteiger partial charge >= 0.3 is 11.9 Å². The molecule has 62 valence electrons. The molecule has 0 bridgehead atoms. The fourth-order valence-corrected chi connectivity index (χ4v) is 0.546. The number of ether oxygens (including phenoxy) is 1. The number of carboxylic acid groups (broad SMARTS) is 1. The van der Waals surface area contributed by atoms with Crippen molar-refractivity contribution in [1.82, 2.24) is 4.98 Å². The third-order valence-corrected chi connectivity index (χ3v) is 1.01. The van der Waals surface area contributed by atoms with Gasteiger partial charge in [-0.1, -0.05) is 6.07 Å². The third kappa shape index (κ3) is 2.05. The molecule has 1 rings (SSSR count). The Balaban J connectivity index is 2.65. The molecule has 0 amide bonds. The van der Waals surface area contributed by atoms with Crippen molar-refractivity contribution >= 4 is 11.9 Å². The molecule has 1 N–H and O–H groups in total. The number of esters is 1. The molecular formula is C7H5NO4. The van der Waals surface area contributed by atoms with Crippen LogP contribution in [0.4, 0.5) is 0 Å². The van der Waals surface area contributed by atoms with Crippen molar-refractivity contribution < 1.29 is 19.4 Å². The van der Waals surface area contributed by atoms with Crippen molar-refractivity contribution in [3.05, 3.63) is 24.4 Å². The van der Waals surface area contributed by atoms with E-state index in [1.165, 1.54) is 12.3 Å². The predicted octanol–water partition coefficient (Wildman–Crippen LogP) is 0.0716. The molecule has 5 nitrogen and oxygen atoms in total. The molecule has 0 saturated carbocycles. The second kappa shape index (κ2) is 3.47. The van der Waals surface area contributed by atoms with Crippen LogP contribution < -0.4 is 4.74 Å². The van der Waals surface area contributed by atoms with Crippen LogP contribution in [-0.2, 0) is 9.59 Å². The lowest BCUT2D eigenvalue weighted by Crippen LogP contribution is -2.19. The Kier molecular flexibility index (Phi) is 2.37. The first-order valence-corrected chi connectivity index (χ1v) is 3.06. The molecule has 1 heterocycles. The largest absolute Gasteiger partial charge is 0.473 e. The average molecular weight is 167 g/mol. The zero-order chi connectivity index (χ0) is 8.97. The maximum Gasteiger partial charge on any atom is 0.424 e. The molecule has 0 radical (unpaired) electrons. The van der Waals surface area contributed by atoms with E-state index in [0.717, 1.165) is 0 Å². The molecule has 1 aromatic rings. The van der Waals surface area contributed by atoms with Crippen LogP contribution in [0.2, 0.25) is 0 Å². The summed E-state index contributed by atoms with van der Waals surface area (Å²) in [7, 11) is 0. The maximum atomic E-state index is 10.5. The SMILES string of the molecule is O=C(O)C(=O)Oc1ccccn1. The highest BCUT2D eigenvalue weighted by atomic mass is 16.6. The number of rotatable bonds is 1. The van der Waals surface area contributed by atoms with Crippen molar-refractivity contribution in [2.75, 3.05) is 0 Å². The lowest BCUT2D eigenvalue weighted by atomic mass is 10.5. The predicted molar refractivity (Wildman–Crippen MR) is 37.5 cm³/mol. The highest BCUT2D eigenvalue weighted by Crippen LogP contribution is 2.02. The maximum absolute atomic E-state index is 10.5. The van der Waals surface area contributed by atoms with Gasteiger partial charge in [-0.25, -0.2) is 14.6 Å². The minimum Gasteiger partial charge on any atom is -0.473 e. The minimum atomic E-state index is -1.64. The van der Waals surface area contributed by atoms with E-state index in [4.69, 9.17) is 5.11 Å². The molecule has 0 aromatic carbocycles. The lowest BCUT2D eigenvalue weighted by molar-refractivity contribution is -0.158. The summed E-state index contributed by atoms with van der Waals surface area (Å²) >= 11 is 0. The number of aromatic nitrogens is 1. The minimum absolute atomic E-state index is 0.0232. The molecule has 1 aromatic heterocycles. The van der Waals surface area contributed by atoms with Gasteiger partial charge in [-0.2, -0.15) is 0 Å². The smallest absolute Gasteiger partial charge is 0.424 e. The Bertz CT molecular complexity index is 296. The molecule has 0 aliphatic rings. The molecule has 12 heavy (non-hydrogen) atoms. The van der Waals surface area contributed by atoms with Gasteiger partial charge in [0.1, 0.15) is 0 Å². The summed E-state index contributed by atoms with van der Waals surface area (Å²) in [6.45, 7) is 0. The van der Waals surface area contributed by atoms with Gasteiger partial charge in [-0.15, -0.1) is 0 Å². The normalized spacial score (nSPS) is 9.00. The zero-order valence-corrected chi connectivity index (χ0v) is 5.93. The molecule has 0 unspecified atom stereocenters. The molecule has 5 heteroatoms. The van der Waals surface area contributed by atoms with E-state index in [1.54, 1.807) is 12.1 Å². The first kappa shape index (κ1) is 8.19. The fourth-order valence-electron chi connectivity index (χ4n) is 0.546. The van der Waals surface area contributed by atoms with Crippen molar-refractivity contribution in [2.24, 2.45) is 0 Å². The van der Waals surface area contributed by atoms with Crippen LogP contribution in [0.5, 0.6) is 5.88 Å². The second-order valence-corrected chi connectivity index (χ2v) is 1.86. The van der Waals surface area contributed by atoms with Crippen molar-refractivity contribution in [1.29, 1.82) is 0 Å². The van der Waals surface area contributed by atoms with Crippen LogP contribution in [0.25, 0.3) is 0 Å². The van der Waals surface area contributed by atoms with Gasteiger partial charge in [0.15, 0.2) is 0 Å². The summed E-state index contributed by atoms with van der Waals surface area (Å²) in [5.74, 6) is -3.00. The van der Waals surface area contributed by atoms with Crippen LogP contribution in [0.15, 0.2) is 24.4 Å². The Morgan fingerprint density at radius 2 is 2.17 bits per heavy atom. The summed E-state index contributed by atoms with van der Waals surface area (Å²) in [6.07, 6.45) is 1.39. The summed E-state index contributed by atoms with van der Waals surface area (Å²) in [5.41, 5.74) is 0. The van der Waals surface area contributed by atoms with Crippen LogP contribution >= 0.6 is 0 Å². The summed E-state index contributed by atoms with van der Waals surface area (Å²) in [6, 6.07) is 4.59. The van der Waals surface area contributed by atoms with Crippen molar-refractivity contribution in [2.45, 2.75) is 0 Å². The first-order valence-electron chi connectivity index (χ1n) is 3.06. The van der Waals surface area contributed by atoms with E-state index in [-0.39, 0.29) is 5.88 Å². The van der Waals surface area contributed by atoms with Gasteiger partial charge in [-0.3, -0.25) is 0 Å². The summed E-state index contributed by atoms with van der Waals surface area (Å²) < 4.78 is 4.33. The molecule has 0 fully saturated rings. The van der Waals surface area contributed by atoms with Crippen LogP contribution in [0.3, 0.4) is 0 Å². The number of carbonyl (C=O) groups excluding carboxylic acids is 1. The Labute approximate surface area is 67.6 Å². The van der Waals surface area contributed by atoms with Crippen molar-refractivity contribution in [3.8, 4) is 5.88 Å². The van der Waals surface area contributed by atoms with Gasteiger partial charge in [0.25, 0.3) is 0 Å². The highest BCUT2D eigenvalue weighted by molar-refractivity contribution is 6.29. The van der Waals surface area contributed by atoms with E-state index >= 15 is 0 Å². The monoisotopic (exact) mass is 167 g/mol. The summed E-state index contributed by atoms with van der Waals surface area (Å²) in [5, 5.41) is 8.14. The fraction of sp³-hybridized carbons (Fsp3) is 0. The van der Waals surface area contributed by atoms with Crippen molar-refractivity contribution in [3.63, 3.8) is 0 Å². The summed E-state index contributed by atoms with van der Waals surface area (Å²) in [4.78, 5) is 24.0. The Morgan fingerprint density at radius 3 is 2.67 bits per heavy atom. The van der Waals surface area contributed by atoms with Crippen LogP contribution in [-0.4, -0.2) is 22.0 Å². The molecular weight excluding hydrogens is 162 g/mol. The standard InChI is InChI=1S/C7H5NO4/c9-6(10)7(11)12-5-3-1-2-4-8-5/h1-4H,(H,9,10). The first-order chi connectivity index (χ1) is 5.70. The number of hydrogen-bond acceptors (Lipinski definition) is 4. The number of hydrogen-bond donors (Lipinski definition) is 1. The van der Waals surface area contributed by atoms with E-state index in [1.807, 2.05) is 0 Å². The molecule has 0 spiro atoms. The van der Waals surface area contributed by atoms with Crippen LogP contribution in [0, 0.1) is 0 Å². The topological polar surface area (TPSA) is 76.5 Å². The van der Waals surface area contributed by atoms with Gasteiger partial charge in [-0.05, 0) is 6.07 Å². The molecule has 0 saturated heterocycles. The number of carbonyl (C=O) groups is 2. The lowest BCUT2D eigenvalue weighted by Gasteiger charge is -1.96. The number of carboxylic acids is 1. The van der Waals surface area contributed by atoms with Gasteiger partial charge in [0, 0.05) is 12.3 Å². The highest BCUT2D eigenvalue weighted by Gasteiger charge is 2.13. The molecule has 0 aliphatic carbocycles. The van der Waals surface area contributed by atoms with Crippen LogP contribution in [0.1, 0.15) is 0 Å². The quantitative estimate of drug-likeness (QED) is 0.473. The number of nitrogens with zero attached hydrogens (tertiary/aromatic N) is 1. The Hall–Kier alpha value is -1.91. The van der Waals surface area contributed by atoms with E-state index < -0.39 is 11.9 Å².